The van der Waals surface area contributed by atoms with Crippen LogP contribution in [0.5, 0.6) is 0 Å². The fraction of sp³-hybridized carbons (Fsp3) is 0.515. The lowest BCUT2D eigenvalue weighted by atomic mass is 9.92. The number of allylic oxidation sites excluding steroid dienone is 4. The number of nitrogens with one attached hydrogen (secondary N) is 1. The maximum absolute atomic E-state index is 10.7. The van der Waals surface area contributed by atoms with Crippen molar-refractivity contribution in [2.45, 2.75) is 106 Å². The van der Waals surface area contributed by atoms with Gasteiger partial charge in [-0.15, -0.1) is 0 Å². The van der Waals surface area contributed by atoms with Gasteiger partial charge in [-0.1, -0.05) is 85.0 Å². The van der Waals surface area contributed by atoms with Gasteiger partial charge >= 0.3 is 0 Å². The van der Waals surface area contributed by atoms with E-state index in [-0.39, 0.29) is 0 Å². The third-order valence-corrected chi connectivity index (χ3v) is 5.51. The Hall–Kier alpha value is -2.92. The van der Waals surface area contributed by atoms with Gasteiger partial charge in [0.2, 0.25) is 6.41 Å². The monoisotopic (exact) mass is 524 g/mol. The molecule has 0 saturated heterocycles. The molecule has 1 saturated carbocycles. The van der Waals surface area contributed by atoms with Gasteiger partial charge in [-0.3, -0.25) is 4.79 Å². The number of pyridine rings is 1. The number of carbonyl (C=O) groups is 1. The summed E-state index contributed by atoms with van der Waals surface area (Å²) in [6.45, 7) is 18.5. The Morgan fingerprint density at radius 2 is 1.82 bits per heavy atom. The quantitative estimate of drug-likeness (QED) is 0.154. The largest absolute Gasteiger partial charge is 0.496 e. The molecule has 2 N–H and O–H groups in total. The van der Waals surface area contributed by atoms with Gasteiger partial charge in [0.25, 0.3) is 0 Å². The maximum Gasteiger partial charge on any atom is 0.212 e. The fourth-order valence-electron chi connectivity index (χ4n) is 3.38. The minimum absolute atomic E-state index is 0.508. The molecule has 0 radical (unpaired) electrons. The van der Waals surface area contributed by atoms with Gasteiger partial charge < -0.3 is 15.2 Å². The molecule has 1 atom stereocenters. The van der Waals surface area contributed by atoms with Crippen molar-refractivity contribution in [3.8, 4) is 0 Å². The van der Waals surface area contributed by atoms with E-state index in [1.807, 2.05) is 45.9 Å². The lowest BCUT2D eigenvalue weighted by Crippen LogP contribution is -2.08. The second-order valence-electron chi connectivity index (χ2n) is 9.48. The molecule has 1 aromatic heterocycles. The smallest absolute Gasteiger partial charge is 0.212 e. The Kier molecular flexibility index (Phi) is 19.4. The number of rotatable bonds is 13. The molecule has 1 heterocycles. The molecular weight excluding hydrogens is 472 g/mol. The third-order valence-electron chi connectivity index (χ3n) is 5.51. The Morgan fingerprint density at radius 3 is 2.26 bits per heavy atom. The van der Waals surface area contributed by atoms with E-state index in [2.05, 4.69) is 49.8 Å². The summed E-state index contributed by atoms with van der Waals surface area (Å²) in [6, 6.07) is 1.83. The van der Waals surface area contributed by atoms with Crippen LogP contribution in [-0.4, -0.2) is 29.7 Å². The van der Waals surface area contributed by atoms with Crippen LogP contribution in [-0.2, 0) is 9.53 Å². The molecule has 1 aliphatic carbocycles. The average Bonchev–Trinajstić information content (AvgIpc) is 3.77. The number of methoxy groups -OCH3 is 1. The fourth-order valence-corrected chi connectivity index (χ4v) is 3.38. The normalized spacial score (nSPS) is 14.3. The van der Waals surface area contributed by atoms with Gasteiger partial charge in [0.15, 0.2) is 0 Å². The number of amides is 1. The molecule has 0 aromatic carbocycles. The van der Waals surface area contributed by atoms with Gasteiger partial charge in [-0.2, -0.15) is 0 Å². The van der Waals surface area contributed by atoms with Gasteiger partial charge in [-0.05, 0) is 79.7 Å². The molecule has 0 bridgehead atoms. The molecule has 1 fully saturated rings. The second kappa shape index (κ2) is 21.1. The van der Waals surface area contributed by atoms with Crippen LogP contribution in [0.2, 0.25) is 0 Å². The molecule has 1 aromatic rings. The Bertz CT molecular complexity index is 966. The van der Waals surface area contributed by atoms with Crippen LogP contribution in [0, 0.1) is 6.92 Å². The van der Waals surface area contributed by atoms with Crippen molar-refractivity contribution in [3.63, 3.8) is 0 Å². The van der Waals surface area contributed by atoms with E-state index in [1.54, 1.807) is 13.3 Å². The summed E-state index contributed by atoms with van der Waals surface area (Å²) in [5, 5.41) is 12.9. The summed E-state index contributed by atoms with van der Waals surface area (Å²) in [5.74, 6) is 1.29. The number of aryl methyl sites for hydroxylation is 1. The van der Waals surface area contributed by atoms with Crippen LogP contribution in [0.4, 0.5) is 5.82 Å². The minimum Gasteiger partial charge on any atom is -0.496 e. The number of nitrogens with zero attached hydrogens (tertiary/aromatic N) is 1. The molecule has 1 aliphatic rings. The molecule has 1 unspecified atom stereocenters. The van der Waals surface area contributed by atoms with Crippen LogP contribution in [0.25, 0.3) is 6.08 Å². The van der Waals surface area contributed by atoms with E-state index in [4.69, 9.17) is 4.74 Å². The minimum atomic E-state index is -0.553. The van der Waals surface area contributed by atoms with Crippen LogP contribution in [0.1, 0.15) is 104 Å². The zero-order chi connectivity index (χ0) is 28.9. The number of anilines is 1. The van der Waals surface area contributed by atoms with Crippen LogP contribution in [0.3, 0.4) is 0 Å². The lowest BCUT2D eigenvalue weighted by molar-refractivity contribution is -0.105. The first-order chi connectivity index (χ1) is 18.2. The molecule has 5 heteroatoms. The zero-order valence-electron chi connectivity index (χ0n) is 25.2. The summed E-state index contributed by atoms with van der Waals surface area (Å²) in [7, 11) is 1.67. The van der Waals surface area contributed by atoms with E-state index in [0.717, 1.165) is 52.9 Å². The molecule has 5 nitrogen and oxygen atoms in total. The number of ether oxygens (including phenoxy) is 1. The summed E-state index contributed by atoms with van der Waals surface area (Å²) in [4.78, 5) is 15.1. The first kappa shape index (κ1) is 35.1. The molecule has 2 rings (SSSR count). The average molecular weight is 525 g/mol. The molecule has 38 heavy (non-hydrogen) atoms. The Labute approximate surface area is 232 Å². The highest BCUT2D eigenvalue weighted by Gasteiger charge is 2.15. The van der Waals surface area contributed by atoms with Crippen molar-refractivity contribution >= 4 is 18.3 Å². The number of aliphatic hydroxyl groups is 1. The standard InChI is InChI=1S/C27H38N2O3.C3H6.C3H8/c1-8-11-13-26(32-7)24(16-22-17-28-27(29-18-30)15-19(22)4)23(10-3)20(5)14-21(6)25(31)12-9-2;1-2-3-1;1-3-2/h10,13-18,25,31H,6,8-9,11-12H2,1-5,7H3,(H,28,29,30);1-3H2;3H2,1-2H3/b20-14-,23-10+,24-16-,26-13-;;. The van der Waals surface area contributed by atoms with E-state index in [9.17, 15) is 9.90 Å². The van der Waals surface area contributed by atoms with Gasteiger partial charge in [0.05, 0.1) is 13.2 Å². The Morgan fingerprint density at radius 1 is 1.18 bits per heavy atom. The van der Waals surface area contributed by atoms with Crippen molar-refractivity contribution in [2.75, 3.05) is 12.4 Å². The Balaban J connectivity index is 0.00000203. The highest BCUT2D eigenvalue weighted by atomic mass is 16.5. The topological polar surface area (TPSA) is 71.5 Å². The SMILES string of the molecule is C1CC1.C=C(\C=C(C)/C(=C\C)C(=C/c1cnc(NC=O)cc1C)/C(=C/CCC)OC)C(O)CCC.CCC. The number of aromatic nitrogens is 1. The third kappa shape index (κ3) is 14.1. The molecular formula is C33H52N2O3. The van der Waals surface area contributed by atoms with Gasteiger partial charge in [-0.25, -0.2) is 4.98 Å². The zero-order valence-corrected chi connectivity index (χ0v) is 25.2. The predicted molar refractivity (Wildman–Crippen MR) is 164 cm³/mol. The van der Waals surface area contributed by atoms with Crippen molar-refractivity contribution in [3.05, 3.63) is 76.2 Å². The van der Waals surface area contributed by atoms with E-state index in [1.165, 1.54) is 25.7 Å². The van der Waals surface area contributed by atoms with E-state index < -0.39 is 6.10 Å². The van der Waals surface area contributed by atoms with Crippen LogP contribution < -0.4 is 5.32 Å². The maximum atomic E-state index is 10.7. The number of carbonyl (C=O) groups excluding carboxylic acids is 1. The lowest BCUT2D eigenvalue weighted by Gasteiger charge is -2.18. The van der Waals surface area contributed by atoms with Crippen molar-refractivity contribution in [2.24, 2.45) is 0 Å². The van der Waals surface area contributed by atoms with Gasteiger partial charge in [0.1, 0.15) is 11.6 Å². The summed E-state index contributed by atoms with van der Waals surface area (Å²) < 4.78 is 5.79. The van der Waals surface area contributed by atoms with E-state index in [0.29, 0.717) is 24.2 Å². The summed E-state index contributed by atoms with van der Waals surface area (Å²) in [6.07, 6.45) is 19.2. The van der Waals surface area contributed by atoms with Crippen LogP contribution >= 0.6 is 0 Å². The van der Waals surface area contributed by atoms with Crippen LogP contribution in [0.15, 0.2) is 65.1 Å². The first-order valence-electron chi connectivity index (χ1n) is 14.1. The number of aliphatic hydroxyl groups excluding tert-OH is 1. The second-order valence-corrected chi connectivity index (χ2v) is 9.48. The highest BCUT2D eigenvalue weighted by molar-refractivity contribution is 5.72. The summed E-state index contributed by atoms with van der Waals surface area (Å²) >= 11 is 0. The highest BCUT2D eigenvalue weighted by Crippen LogP contribution is 2.31. The van der Waals surface area contributed by atoms with Crippen molar-refractivity contribution in [1.29, 1.82) is 0 Å². The number of hydrogen-bond donors (Lipinski definition) is 2. The molecule has 0 spiro atoms. The van der Waals surface area contributed by atoms with E-state index >= 15 is 0 Å². The number of unbranched alkanes of at least 4 members (excludes halogenated alkanes) is 1. The molecule has 212 valence electrons. The predicted octanol–water partition coefficient (Wildman–Crippen LogP) is 8.87. The summed E-state index contributed by atoms with van der Waals surface area (Å²) in [5.41, 5.74) is 5.51. The van der Waals surface area contributed by atoms with Gasteiger partial charge in [0, 0.05) is 11.8 Å². The molecule has 0 aliphatic heterocycles. The molecule has 1 amide bonds. The first-order valence-corrected chi connectivity index (χ1v) is 14.1. The van der Waals surface area contributed by atoms with Crippen molar-refractivity contribution < 1.29 is 14.6 Å². The number of hydrogen-bond acceptors (Lipinski definition) is 4. The van der Waals surface area contributed by atoms with Crippen molar-refractivity contribution in [1.82, 2.24) is 4.98 Å².